The molecule has 0 unspecified atom stereocenters. The maximum absolute atomic E-state index is 12.7. The van der Waals surface area contributed by atoms with Gasteiger partial charge in [-0.25, -0.2) is 22.8 Å². The molecule has 0 bridgehead atoms. The van der Waals surface area contributed by atoms with Gasteiger partial charge >= 0.3 is 0 Å². The van der Waals surface area contributed by atoms with Crippen LogP contribution in [0.1, 0.15) is 23.6 Å². The van der Waals surface area contributed by atoms with Crippen LogP contribution in [0.5, 0.6) is 0 Å². The van der Waals surface area contributed by atoms with Gasteiger partial charge in [0.2, 0.25) is 15.9 Å². The first-order valence-corrected chi connectivity index (χ1v) is 10.1. The minimum atomic E-state index is -3.72. The van der Waals surface area contributed by atoms with Gasteiger partial charge in [-0.1, -0.05) is 30.3 Å². The van der Waals surface area contributed by atoms with Crippen molar-refractivity contribution in [3.05, 3.63) is 71.8 Å². The minimum Gasteiger partial charge on any atom is -0.326 e. The van der Waals surface area contributed by atoms with Crippen molar-refractivity contribution >= 4 is 21.6 Å². The molecular formula is C19H21N5O3S. The highest BCUT2D eigenvalue weighted by Crippen LogP contribution is 2.20. The molecule has 0 saturated carbocycles. The summed E-state index contributed by atoms with van der Waals surface area (Å²) >= 11 is 0. The number of rotatable bonds is 7. The van der Waals surface area contributed by atoms with Gasteiger partial charge in [-0.05, 0) is 35.7 Å². The van der Waals surface area contributed by atoms with Gasteiger partial charge in [0.25, 0.3) is 0 Å². The minimum absolute atomic E-state index is 0.140. The Labute approximate surface area is 163 Å². The molecule has 0 aliphatic heterocycles. The number of benzene rings is 2. The molecule has 2 aromatic carbocycles. The van der Waals surface area contributed by atoms with Gasteiger partial charge in [-0.15, -0.1) is 0 Å². The van der Waals surface area contributed by atoms with Gasteiger partial charge in [0.15, 0.2) is 0 Å². The zero-order valence-electron chi connectivity index (χ0n) is 15.6. The van der Waals surface area contributed by atoms with E-state index in [1.807, 2.05) is 24.3 Å². The van der Waals surface area contributed by atoms with Crippen LogP contribution in [0, 0.1) is 6.92 Å². The molecule has 3 aromatic rings. The Morgan fingerprint density at radius 1 is 1.11 bits per heavy atom. The SMILES string of the molecule is CC(=O)Nc1ccc(C)c(S(=O)(=O)NCc2ccc(Cn3cncn3)cc2)c1. The van der Waals surface area contributed by atoms with Crippen LogP contribution in [0.2, 0.25) is 0 Å². The number of nitrogens with one attached hydrogen (secondary N) is 2. The Bertz CT molecular complexity index is 1060. The monoisotopic (exact) mass is 399 g/mol. The van der Waals surface area contributed by atoms with E-state index in [-0.39, 0.29) is 17.3 Å². The highest BCUT2D eigenvalue weighted by molar-refractivity contribution is 7.89. The smallest absolute Gasteiger partial charge is 0.241 e. The zero-order chi connectivity index (χ0) is 20.1. The highest BCUT2D eigenvalue weighted by atomic mass is 32.2. The lowest BCUT2D eigenvalue weighted by Gasteiger charge is -2.12. The Morgan fingerprint density at radius 3 is 2.46 bits per heavy atom. The predicted molar refractivity (Wildman–Crippen MR) is 105 cm³/mol. The lowest BCUT2D eigenvalue weighted by Crippen LogP contribution is -2.24. The molecule has 3 rings (SSSR count). The fourth-order valence-electron chi connectivity index (χ4n) is 2.69. The fraction of sp³-hybridized carbons (Fsp3) is 0.211. The van der Waals surface area contributed by atoms with Crippen LogP contribution in [0.15, 0.2) is 60.0 Å². The van der Waals surface area contributed by atoms with E-state index in [0.29, 0.717) is 17.8 Å². The van der Waals surface area contributed by atoms with E-state index in [1.54, 1.807) is 30.1 Å². The van der Waals surface area contributed by atoms with Crippen molar-refractivity contribution < 1.29 is 13.2 Å². The highest BCUT2D eigenvalue weighted by Gasteiger charge is 2.17. The van der Waals surface area contributed by atoms with Crippen LogP contribution in [0.4, 0.5) is 5.69 Å². The van der Waals surface area contributed by atoms with Crippen molar-refractivity contribution in [1.29, 1.82) is 0 Å². The number of sulfonamides is 1. The summed E-state index contributed by atoms with van der Waals surface area (Å²) in [6.45, 7) is 3.85. The summed E-state index contributed by atoms with van der Waals surface area (Å²) in [5.41, 5.74) is 2.92. The van der Waals surface area contributed by atoms with Gasteiger partial charge < -0.3 is 5.32 Å². The van der Waals surface area contributed by atoms with Crippen molar-refractivity contribution in [2.75, 3.05) is 5.32 Å². The summed E-state index contributed by atoms with van der Waals surface area (Å²) in [6.07, 6.45) is 3.12. The molecule has 0 aliphatic carbocycles. The van der Waals surface area contributed by atoms with E-state index >= 15 is 0 Å². The maximum Gasteiger partial charge on any atom is 0.241 e. The number of amides is 1. The second kappa shape index (κ2) is 8.32. The van der Waals surface area contributed by atoms with Crippen LogP contribution in [-0.4, -0.2) is 29.1 Å². The Morgan fingerprint density at radius 2 is 1.82 bits per heavy atom. The van der Waals surface area contributed by atoms with Crippen molar-refractivity contribution in [3.63, 3.8) is 0 Å². The predicted octanol–water partition coefficient (Wildman–Crippen LogP) is 2.07. The van der Waals surface area contributed by atoms with Crippen molar-refractivity contribution in [2.45, 2.75) is 31.8 Å². The summed E-state index contributed by atoms with van der Waals surface area (Å²) in [5.74, 6) is -0.258. The van der Waals surface area contributed by atoms with E-state index in [1.165, 1.54) is 19.3 Å². The fourth-order valence-corrected chi connectivity index (χ4v) is 3.98. The second-order valence-corrected chi connectivity index (χ2v) is 8.13. The quantitative estimate of drug-likeness (QED) is 0.633. The molecule has 2 N–H and O–H groups in total. The molecule has 146 valence electrons. The van der Waals surface area contributed by atoms with Crippen molar-refractivity contribution in [2.24, 2.45) is 0 Å². The maximum atomic E-state index is 12.7. The molecule has 0 fully saturated rings. The molecule has 0 radical (unpaired) electrons. The third-order valence-electron chi connectivity index (χ3n) is 4.10. The van der Waals surface area contributed by atoms with E-state index < -0.39 is 10.0 Å². The average Bonchev–Trinajstić information content (AvgIpc) is 3.15. The first-order valence-electron chi connectivity index (χ1n) is 8.61. The second-order valence-electron chi connectivity index (χ2n) is 6.40. The largest absolute Gasteiger partial charge is 0.326 e. The van der Waals surface area contributed by atoms with Crippen LogP contribution in [0.3, 0.4) is 0 Å². The molecule has 8 nitrogen and oxygen atoms in total. The lowest BCUT2D eigenvalue weighted by molar-refractivity contribution is -0.114. The number of carbonyl (C=O) groups is 1. The first-order chi connectivity index (χ1) is 13.3. The standard InChI is InChI=1S/C19H21N5O3S/c1-14-3-8-18(23-15(2)25)9-19(14)28(26,27)22-10-16-4-6-17(7-5-16)11-24-13-20-12-21-24/h3-9,12-13,22H,10-11H2,1-2H3,(H,23,25). The van der Waals surface area contributed by atoms with Crippen LogP contribution in [0.25, 0.3) is 0 Å². The van der Waals surface area contributed by atoms with Gasteiger partial charge in [0, 0.05) is 19.2 Å². The zero-order valence-corrected chi connectivity index (χ0v) is 16.4. The Balaban J connectivity index is 1.68. The number of anilines is 1. The third-order valence-corrected chi connectivity index (χ3v) is 5.64. The lowest BCUT2D eigenvalue weighted by atomic mass is 10.1. The van der Waals surface area contributed by atoms with Crippen molar-refractivity contribution in [3.8, 4) is 0 Å². The number of nitrogens with zero attached hydrogens (tertiary/aromatic N) is 3. The van der Waals surface area contributed by atoms with Crippen molar-refractivity contribution in [1.82, 2.24) is 19.5 Å². The van der Waals surface area contributed by atoms with Crippen LogP contribution < -0.4 is 10.0 Å². The van der Waals surface area contributed by atoms with E-state index in [4.69, 9.17) is 0 Å². The Kier molecular flexibility index (Phi) is 5.86. The molecule has 28 heavy (non-hydrogen) atoms. The van der Waals surface area contributed by atoms with E-state index in [9.17, 15) is 13.2 Å². The molecule has 0 atom stereocenters. The summed E-state index contributed by atoms with van der Waals surface area (Å²) in [5, 5.41) is 6.66. The number of aryl methyl sites for hydroxylation is 1. The molecule has 1 heterocycles. The molecule has 0 aliphatic rings. The molecule has 1 amide bonds. The molecular weight excluding hydrogens is 378 g/mol. The summed E-state index contributed by atoms with van der Waals surface area (Å²) in [6, 6.07) is 12.4. The number of hydrogen-bond donors (Lipinski definition) is 2. The molecule has 0 spiro atoms. The first kappa shape index (κ1) is 19.7. The van der Waals surface area contributed by atoms with E-state index in [0.717, 1.165) is 11.1 Å². The van der Waals surface area contributed by atoms with Gasteiger partial charge in [-0.3, -0.25) is 4.79 Å². The third kappa shape index (κ3) is 5.02. The normalized spacial score (nSPS) is 11.4. The van der Waals surface area contributed by atoms with Gasteiger partial charge in [0.1, 0.15) is 12.7 Å². The average molecular weight is 399 g/mol. The van der Waals surface area contributed by atoms with Crippen LogP contribution >= 0.6 is 0 Å². The van der Waals surface area contributed by atoms with E-state index in [2.05, 4.69) is 20.1 Å². The summed E-state index contributed by atoms with van der Waals surface area (Å²) < 4.78 is 29.7. The molecule has 9 heteroatoms. The number of hydrogen-bond acceptors (Lipinski definition) is 5. The topological polar surface area (TPSA) is 106 Å². The summed E-state index contributed by atoms with van der Waals surface area (Å²) in [4.78, 5) is 15.3. The Hall–Kier alpha value is -3.04. The molecule has 1 aromatic heterocycles. The number of aromatic nitrogens is 3. The van der Waals surface area contributed by atoms with Crippen LogP contribution in [-0.2, 0) is 27.9 Å². The van der Waals surface area contributed by atoms with Gasteiger partial charge in [-0.2, -0.15) is 5.10 Å². The summed E-state index contributed by atoms with van der Waals surface area (Å²) in [7, 11) is -3.72. The molecule has 0 saturated heterocycles. The van der Waals surface area contributed by atoms with Gasteiger partial charge in [0.05, 0.1) is 11.4 Å². The number of carbonyl (C=O) groups excluding carboxylic acids is 1.